The number of aromatic nitrogens is 2. The summed E-state index contributed by atoms with van der Waals surface area (Å²) in [7, 11) is 2.18. The molecule has 2 N–H and O–H groups in total. The van der Waals surface area contributed by atoms with E-state index in [-0.39, 0.29) is 0 Å². The van der Waals surface area contributed by atoms with Crippen LogP contribution in [0.2, 0.25) is 0 Å². The van der Waals surface area contributed by atoms with Crippen molar-refractivity contribution in [1.82, 2.24) is 19.4 Å². The van der Waals surface area contributed by atoms with Crippen molar-refractivity contribution in [2.45, 2.75) is 31.9 Å². The Morgan fingerprint density at radius 1 is 1.06 bits per heavy atom. The Bertz CT molecular complexity index is 1160. The van der Waals surface area contributed by atoms with Crippen LogP contribution < -0.4 is 15.4 Å². The summed E-state index contributed by atoms with van der Waals surface area (Å²) in [4.78, 5) is 24.7. The van der Waals surface area contributed by atoms with Gasteiger partial charge in [0.25, 0.3) is 0 Å². The number of amides is 1. The number of piperazine rings is 1. The Balaban J connectivity index is 1.38. The van der Waals surface area contributed by atoms with Crippen LogP contribution in [0.1, 0.15) is 19.7 Å². The molecule has 0 atom stereocenters. The number of nitrogens with two attached hydrogens (primary N) is 1. The van der Waals surface area contributed by atoms with Crippen molar-refractivity contribution in [3.63, 3.8) is 0 Å². The van der Waals surface area contributed by atoms with Crippen LogP contribution in [0.3, 0.4) is 0 Å². The average molecular weight is 463 g/mol. The molecule has 2 aliphatic rings. The lowest BCUT2D eigenvalue weighted by molar-refractivity contribution is 0.0964. The molecule has 2 saturated heterocycles. The number of benzene rings is 2. The summed E-state index contributed by atoms with van der Waals surface area (Å²) in [6.07, 6.45) is 0.447. The third-order valence-corrected chi connectivity index (χ3v) is 6.93. The highest BCUT2D eigenvalue weighted by atomic mass is 16.5. The van der Waals surface area contributed by atoms with Gasteiger partial charge in [-0.1, -0.05) is 24.3 Å². The number of primary amides is 1. The SMILES string of the molecule is CN1CCN(C2CN(c3cccc4c3nc(CC(C)(C)Oc3ccccc3)n4C(N)=O)C2)CC1. The van der Waals surface area contributed by atoms with E-state index in [2.05, 4.69) is 27.8 Å². The van der Waals surface area contributed by atoms with E-state index in [9.17, 15) is 4.79 Å². The highest BCUT2D eigenvalue weighted by Crippen LogP contribution is 2.33. The van der Waals surface area contributed by atoms with Crippen molar-refractivity contribution in [2.75, 3.05) is 51.2 Å². The van der Waals surface area contributed by atoms with Crippen molar-refractivity contribution in [3.05, 3.63) is 54.4 Å². The van der Waals surface area contributed by atoms with E-state index in [4.69, 9.17) is 15.5 Å². The summed E-state index contributed by atoms with van der Waals surface area (Å²) in [5.41, 5.74) is 7.88. The zero-order valence-electron chi connectivity index (χ0n) is 20.3. The first-order valence-electron chi connectivity index (χ1n) is 12.0. The standard InChI is InChI=1S/C26H34N6O2/c1-26(2,34-20-8-5-4-6-9-20)16-23-28-24-21(10-7-11-22(24)32(23)25(27)33)31-17-19(18-31)30-14-12-29(3)13-15-30/h4-11,19H,12-18H2,1-3H3,(H2,27,33). The van der Waals surface area contributed by atoms with E-state index in [0.29, 0.717) is 18.3 Å². The van der Waals surface area contributed by atoms with Gasteiger partial charge in [0.05, 0.1) is 11.2 Å². The van der Waals surface area contributed by atoms with Crippen molar-refractivity contribution in [3.8, 4) is 5.75 Å². The smallest absolute Gasteiger partial charge is 0.324 e. The third kappa shape index (κ3) is 4.48. The number of rotatable bonds is 6. The van der Waals surface area contributed by atoms with Gasteiger partial charge in [-0.15, -0.1) is 0 Å². The Kier molecular flexibility index (Phi) is 5.95. The van der Waals surface area contributed by atoms with Gasteiger partial charge in [0.1, 0.15) is 22.7 Å². The molecule has 2 aromatic carbocycles. The van der Waals surface area contributed by atoms with Crippen LogP contribution in [0.25, 0.3) is 11.0 Å². The number of carbonyl (C=O) groups is 1. The number of imidazole rings is 1. The first kappa shape index (κ1) is 22.7. The highest BCUT2D eigenvalue weighted by molar-refractivity contribution is 5.96. The number of nitrogens with zero attached hydrogens (tertiary/aromatic N) is 5. The van der Waals surface area contributed by atoms with E-state index in [1.54, 1.807) is 0 Å². The first-order valence-corrected chi connectivity index (χ1v) is 12.0. The predicted octanol–water partition coefficient (Wildman–Crippen LogP) is 2.80. The Morgan fingerprint density at radius 2 is 1.76 bits per heavy atom. The van der Waals surface area contributed by atoms with Crippen molar-refractivity contribution in [2.24, 2.45) is 5.73 Å². The van der Waals surface area contributed by atoms with Crippen molar-refractivity contribution in [1.29, 1.82) is 0 Å². The zero-order valence-corrected chi connectivity index (χ0v) is 20.3. The van der Waals surface area contributed by atoms with Gasteiger partial charge in [-0.05, 0) is 45.2 Å². The third-order valence-electron chi connectivity index (χ3n) is 6.93. The minimum atomic E-state index is -0.570. The van der Waals surface area contributed by atoms with E-state index < -0.39 is 11.6 Å². The quantitative estimate of drug-likeness (QED) is 0.607. The summed E-state index contributed by atoms with van der Waals surface area (Å²) in [6.45, 7) is 10.4. The first-order chi connectivity index (χ1) is 16.3. The van der Waals surface area contributed by atoms with Crippen LogP contribution in [-0.2, 0) is 6.42 Å². The van der Waals surface area contributed by atoms with Crippen LogP contribution >= 0.6 is 0 Å². The lowest BCUT2D eigenvalue weighted by atomic mass is 10.0. The highest BCUT2D eigenvalue weighted by Gasteiger charge is 2.35. The van der Waals surface area contributed by atoms with Gasteiger partial charge in [0.15, 0.2) is 0 Å². The lowest BCUT2D eigenvalue weighted by Crippen LogP contribution is -2.63. The fourth-order valence-electron chi connectivity index (χ4n) is 5.05. The fraction of sp³-hybridized carbons (Fsp3) is 0.462. The maximum atomic E-state index is 12.5. The minimum absolute atomic E-state index is 0.447. The molecule has 2 fully saturated rings. The Labute approximate surface area is 200 Å². The molecule has 0 radical (unpaired) electrons. The molecule has 8 nitrogen and oxygen atoms in total. The van der Waals surface area contributed by atoms with Gasteiger partial charge in [-0.2, -0.15) is 0 Å². The molecule has 1 aromatic heterocycles. The molecule has 0 bridgehead atoms. The second kappa shape index (κ2) is 8.92. The summed E-state index contributed by atoms with van der Waals surface area (Å²) in [5.74, 6) is 1.40. The largest absolute Gasteiger partial charge is 0.487 e. The summed E-state index contributed by atoms with van der Waals surface area (Å²) >= 11 is 0. The van der Waals surface area contributed by atoms with Gasteiger partial charge in [0.2, 0.25) is 0 Å². The molecule has 8 heteroatoms. The predicted molar refractivity (Wildman–Crippen MR) is 135 cm³/mol. The van der Waals surface area contributed by atoms with E-state index in [0.717, 1.165) is 61.7 Å². The number of hydrogen-bond donors (Lipinski definition) is 1. The van der Waals surface area contributed by atoms with Crippen LogP contribution in [-0.4, -0.2) is 83.3 Å². The van der Waals surface area contributed by atoms with Crippen LogP contribution in [0, 0.1) is 0 Å². The summed E-state index contributed by atoms with van der Waals surface area (Å²) < 4.78 is 7.74. The fourth-order valence-corrected chi connectivity index (χ4v) is 5.05. The maximum absolute atomic E-state index is 12.5. The van der Waals surface area contributed by atoms with Gasteiger partial charge in [-0.25, -0.2) is 14.3 Å². The number of para-hydroxylation sites is 2. The second-order valence-corrected chi connectivity index (χ2v) is 10.1. The van der Waals surface area contributed by atoms with Crippen LogP contribution in [0.4, 0.5) is 10.5 Å². The Morgan fingerprint density at radius 3 is 2.44 bits per heavy atom. The number of hydrogen-bond acceptors (Lipinski definition) is 6. The maximum Gasteiger partial charge on any atom is 0.324 e. The van der Waals surface area contributed by atoms with Gasteiger partial charge in [-0.3, -0.25) is 4.90 Å². The number of carbonyl (C=O) groups excluding carboxylic acids is 1. The molecule has 0 saturated carbocycles. The lowest BCUT2D eigenvalue weighted by Gasteiger charge is -2.48. The topological polar surface area (TPSA) is 79.9 Å². The van der Waals surface area contributed by atoms with E-state index in [1.165, 1.54) is 4.57 Å². The van der Waals surface area contributed by atoms with Crippen molar-refractivity contribution >= 4 is 22.8 Å². The number of likely N-dealkylation sites (N-methyl/N-ethyl adjacent to an activating group) is 1. The minimum Gasteiger partial charge on any atom is -0.487 e. The second-order valence-electron chi connectivity index (χ2n) is 10.1. The number of ether oxygens (including phenoxy) is 1. The molecule has 3 heterocycles. The molecule has 2 aliphatic heterocycles. The molecule has 5 rings (SSSR count). The van der Waals surface area contributed by atoms with Crippen molar-refractivity contribution < 1.29 is 9.53 Å². The van der Waals surface area contributed by atoms with Crippen LogP contribution in [0.5, 0.6) is 5.75 Å². The molecule has 1 amide bonds. The van der Waals surface area contributed by atoms with Gasteiger partial charge in [0, 0.05) is 51.7 Å². The van der Waals surface area contributed by atoms with Gasteiger partial charge < -0.3 is 20.3 Å². The molecular formula is C26H34N6O2. The normalized spacial score (nSPS) is 18.3. The molecule has 180 valence electrons. The molecule has 0 unspecified atom stereocenters. The number of anilines is 1. The zero-order chi connectivity index (χ0) is 23.9. The summed E-state index contributed by atoms with van der Waals surface area (Å²) in [6, 6.07) is 15.7. The molecule has 3 aromatic rings. The van der Waals surface area contributed by atoms with E-state index in [1.807, 2.05) is 56.3 Å². The van der Waals surface area contributed by atoms with Crippen LogP contribution in [0.15, 0.2) is 48.5 Å². The monoisotopic (exact) mass is 462 g/mol. The number of fused-ring (bicyclic) bond motifs is 1. The molecule has 0 spiro atoms. The molecule has 0 aliphatic carbocycles. The molecule has 34 heavy (non-hydrogen) atoms. The Hall–Kier alpha value is -3.10. The van der Waals surface area contributed by atoms with E-state index >= 15 is 0 Å². The average Bonchev–Trinajstić information content (AvgIpc) is 3.12. The summed E-state index contributed by atoms with van der Waals surface area (Å²) in [5, 5.41) is 0. The van der Waals surface area contributed by atoms with Gasteiger partial charge >= 0.3 is 6.03 Å². The molecular weight excluding hydrogens is 428 g/mol.